The Morgan fingerprint density at radius 1 is 1.06 bits per heavy atom. The quantitative estimate of drug-likeness (QED) is 0.128. The van der Waals surface area contributed by atoms with Crippen molar-refractivity contribution < 1.29 is 18.7 Å². The molecule has 2 aromatic rings. The smallest absolute Gasteiger partial charge is 0.312 e. The summed E-state index contributed by atoms with van der Waals surface area (Å²) in [5.74, 6) is -0.181. The fourth-order valence-electron chi connectivity index (χ4n) is 3.85. The molecule has 196 valence electrons. The molecule has 0 saturated heterocycles. The van der Waals surface area contributed by atoms with Crippen LogP contribution in [0.25, 0.3) is 11.2 Å². The van der Waals surface area contributed by atoms with Crippen molar-refractivity contribution in [1.82, 2.24) is 19.5 Å². The average Bonchev–Trinajstić information content (AvgIpc) is 3.27. The summed E-state index contributed by atoms with van der Waals surface area (Å²) in [6, 6.07) is 0. The van der Waals surface area contributed by atoms with Crippen LogP contribution in [-0.4, -0.2) is 45.3 Å². The molecule has 0 spiro atoms. The molecule has 0 aliphatic carbocycles. The summed E-state index contributed by atoms with van der Waals surface area (Å²) in [6.45, 7) is 2.90. The average molecular weight is 492 g/mol. The molecule has 0 radical (unpaired) electrons. The normalized spacial score (nSPS) is 11.7. The van der Waals surface area contributed by atoms with E-state index in [1.165, 1.54) is 57.8 Å². The lowest BCUT2D eigenvalue weighted by Gasteiger charge is -2.16. The number of nitrogens with zero attached hydrogens (tertiary/aromatic N) is 4. The molecule has 0 aromatic carbocycles. The number of halogens is 1. The maximum atomic E-state index is 13.5. The van der Waals surface area contributed by atoms with Crippen molar-refractivity contribution in [2.24, 2.45) is 0 Å². The number of fused-ring (bicyclic) bond motifs is 1. The van der Waals surface area contributed by atoms with Gasteiger partial charge in [-0.2, -0.15) is 14.4 Å². The van der Waals surface area contributed by atoms with Gasteiger partial charge in [0.1, 0.15) is 12.1 Å². The fourth-order valence-corrected chi connectivity index (χ4v) is 3.85. The number of carbonyl (C=O) groups excluding carboxylic acids is 1. The SMILES string of the molecule is C#C.CCCCCCCCCCCCCC(=O)OCC(CCn1cnc2c(N)nc(F)nc21)OC. The third-order valence-electron chi connectivity index (χ3n) is 5.90. The van der Waals surface area contributed by atoms with Gasteiger partial charge in [0.2, 0.25) is 0 Å². The molecule has 0 aliphatic heterocycles. The molecule has 8 nitrogen and oxygen atoms in total. The van der Waals surface area contributed by atoms with Crippen LogP contribution in [0.5, 0.6) is 0 Å². The van der Waals surface area contributed by atoms with Gasteiger partial charge >= 0.3 is 12.0 Å². The second-order valence-electron chi connectivity index (χ2n) is 8.60. The Balaban J connectivity index is 0.00000298. The molecule has 2 rings (SSSR count). The van der Waals surface area contributed by atoms with E-state index >= 15 is 0 Å². The fraction of sp³-hybridized carbons (Fsp3) is 0.692. The van der Waals surface area contributed by atoms with Crippen molar-refractivity contribution in [2.75, 3.05) is 19.5 Å². The van der Waals surface area contributed by atoms with Gasteiger partial charge in [-0.3, -0.25) is 4.79 Å². The molecule has 35 heavy (non-hydrogen) atoms. The van der Waals surface area contributed by atoms with Crippen LogP contribution >= 0.6 is 0 Å². The highest BCUT2D eigenvalue weighted by atomic mass is 19.1. The molecule has 2 aromatic heterocycles. The van der Waals surface area contributed by atoms with Gasteiger partial charge in [0.15, 0.2) is 11.5 Å². The molecule has 0 fully saturated rings. The molecular weight excluding hydrogens is 449 g/mol. The van der Waals surface area contributed by atoms with Gasteiger partial charge in [0.05, 0.1) is 12.4 Å². The number of terminal acetylenes is 1. The second-order valence-corrected chi connectivity index (χ2v) is 8.60. The minimum absolute atomic E-state index is 0.0101. The predicted molar refractivity (Wildman–Crippen MR) is 137 cm³/mol. The second kappa shape index (κ2) is 18.6. The van der Waals surface area contributed by atoms with Crippen molar-refractivity contribution in [3.63, 3.8) is 0 Å². The first-order valence-corrected chi connectivity index (χ1v) is 12.7. The van der Waals surface area contributed by atoms with Gasteiger partial charge in [0.25, 0.3) is 0 Å². The molecule has 9 heteroatoms. The van der Waals surface area contributed by atoms with Crippen molar-refractivity contribution in [2.45, 2.75) is 103 Å². The number of rotatable bonds is 18. The lowest BCUT2D eigenvalue weighted by molar-refractivity contribution is -0.147. The van der Waals surface area contributed by atoms with E-state index in [9.17, 15) is 9.18 Å². The van der Waals surface area contributed by atoms with E-state index in [1.54, 1.807) is 18.0 Å². The van der Waals surface area contributed by atoms with E-state index in [-0.39, 0.29) is 24.5 Å². The Labute approximate surface area is 209 Å². The van der Waals surface area contributed by atoms with E-state index < -0.39 is 6.08 Å². The van der Waals surface area contributed by atoms with E-state index in [1.807, 2.05) is 0 Å². The number of imidazole rings is 1. The number of hydrogen-bond donors (Lipinski definition) is 1. The minimum Gasteiger partial charge on any atom is -0.463 e. The Kier molecular flexibility index (Phi) is 16.1. The van der Waals surface area contributed by atoms with Crippen molar-refractivity contribution in [3.8, 4) is 12.8 Å². The van der Waals surface area contributed by atoms with Crippen LogP contribution in [0.1, 0.15) is 90.4 Å². The summed E-state index contributed by atoms with van der Waals surface area (Å²) in [5, 5.41) is 0. The number of hydrogen-bond acceptors (Lipinski definition) is 7. The first-order chi connectivity index (χ1) is 17.0. The highest BCUT2D eigenvalue weighted by Gasteiger charge is 2.15. The molecule has 1 atom stereocenters. The van der Waals surface area contributed by atoms with Crippen LogP contribution < -0.4 is 5.73 Å². The van der Waals surface area contributed by atoms with Gasteiger partial charge < -0.3 is 19.8 Å². The predicted octanol–water partition coefficient (Wildman–Crippen LogP) is 5.45. The number of nitrogen functional groups attached to an aromatic ring is 1. The van der Waals surface area contributed by atoms with Gasteiger partial charge in [0, 0.05) is 20.1 Å². The van der Waals surface area contributed by atoms with Crippen LogP contribution in [0, 0.1) is 18.9 Å². The molecule has 1 unspecified atom stereocenters. The minimum atomic E-state index is -0.888. The van der Waals surface area contributed by atoms with Crippen molar-refractivity contribution in [3.05, 3.63) is 12.4 Å². The number of ether oxygens (including phenoxy) is 2. The zero-order valence-corrected chi connectivity index (χ0v) is 21.4. The monoisotopic (exact) mass is 491 g/mol. The highest BCUT2D eigenvalue weighted by Crippen LogP contribution is 2.17. The van der Waals surface area contributed by atoms with Gasteiger partial charge in [-0.25, -0.2) is 4.98 Å². The largest absolute Gasteiger partial charge is 0.463 e. The Bertz CT molecular complexity index is 871. The number of anilines is 1. The molecule has 2 N–H and O–H groups in total. The Morgan fingerprint density at radius 3 is 2.26 bits per heavy atom. The Morgan fingerprint density at radius 2 is 1.66 bits per heavy atom. The van der Waals surface area contributed by atoms with Crippen molar-refractivity contribution in [1.29, 1.82) is 0 Å². The van der Waals surface area contributed by atoms with E-state index in [4.69, 9.17) is 15.2 Å². The van der Waals surface area contributed by atoms with Crippen LogP contribution in [0.4, 0.5) is 10.2 Å². The number of nitrogens with two attached hydrogens (primary N) is 1. The third kappa shape index (κ3) is 12.0. The highest BCUT2D eigenvalue weighted by molar-refractivity contribution is 5.81. The molecular formula is C26H42FN5O3. The molecule has 0 bridgehead atoms. The van der Waals surface area contributed by atoms with Gasteiger partial charge in [-0.1, -0.05) is 71.1 Å². The maximum Gasteiger partial charge on any atom is 0.312 e. The first kappa shape index (κ1) is 30.3. The summed E-state index contributed by atoms with van der Waals surface area (Å²) < 4.78 is 26.0. The lowest BCUT2D eigenvalue weighted by atomic mass is 10.1. The number of carbonyl (C=O) groups is 1. The first-order valence-electron chi connectivity index (χ1n) is 12.7. The number of unbranched alkanes of at least 4 members (excludes halogenated alkanes) is 10. The number of methoxy groups -OCH3 is 1. The van der Waals surface area contributed by atoms with Crippen LogP contribution in [0.3, 0.4) is 0 Å². The van der Waals surface area contributed by atoms with Gasteiger partial charge in [-0.15, -0.1) is 12.8 Å². The number of esters is 1. The maximum absolute atomic E-state index is 13.5. The van der Waals surface area contributed by atoms with Crippen molar-refractivity contribution >= 4 is 23.0 Å². The van der Waals surface area contributed by atoms with E-state index in [2.05, 4.69) is 34.7 Å². The van der Waals surface area contributed by atoms with Gasteiger partial charge in [-0.05, 0) is 12.8 Å². The van der Waals surface area contributed by atoms with E-state index in [0.29, 0.717) is 30.6 Å². The van der Waals surface area contributed by atoms with Crippen LogP contribution in [-0.2, 0) is 20.8 Å². The summed E-state index contributed by atoms with van der Waals surface area (Å²) in [4.78, 5) is 23.4. The number of aromatic nitrogens is 4. The zero-order chi connectivity index (χ0) is 25.9. The lowest BCUT2D eigenvalue weighted by Crippen LogP contribution is -2.22. The topological polar surface area (TPSA) is 105 Å². The molecule has 0 amide bonds. The molecule has 0 aliphatic rings. The Hall–Kier alpha value is -2.73. The third-order valence-corrected chi connectivity index (χ3v) is 5.90. The van der Waals surface area contributed by atoms with Crippen LogP contribution in [0.15, 0.2) is 6.33 Å². The molecule has 0 saturated carbocycles. The standard InChI is InChI=1S/C24H40FN5O3.C2H2/c1-3-4-5-6-7-8-9-10-11-12-13-14-20(31)33-17-19(32-2)15-16-30-18-27-21-22(26)28-24(25)29-23(21)30;1-2/h18-19H,3-17H2,1-2H3,(H2,26,28,29);1-2H. The van der Waals surface area contributed by atoms with Crippen LogP contribution in [0.2, 0.25) is 0 Å². The van der Waals surface area contributed by atoms with E-state index in [0.717, 1.165) is 12.8 Å². The summed E-state index contributed by atoms with van der Waals surface area (Å²) in [7, 11) is 1.58. The molecule has 2 heterocycles. The summed E-state index contributed by atoms with van der Waals surface area (Å²) >= 11 is 0. The number of aryl methyl sites for hydroxylation is 1. The zero-order valence-electron chi connectivity index (χ0n) is 21.4. The summed E-state index contributed by atoms with van der Waals surface area (Å²) in [5.41, 5.74) is 6.39. The summed E-state index contributed by atoms with van der Waals surface area (Å²) in [6.07, 6.45) is 23.1.